The fourth-order valence-corrected chi connectivity index (χ4v) is 3.13. The molecule has 0 spiro atoms. The fourth-order valence-electron chi connectivity index (χ4n) is 3.13. The van der Waals surface area contributed by atoms with Crippen molar-refractivity contribution < 1.29 is 14.3 Å². The summed E-state index contributed by atoms with van der Waals surface area (Å²) in [6.45, 7) is 5.67. The second-order valence-electron chi connectivity index (χ2n) is 5.21. The van der Waals surface area contributed by atoms with Crippen molar-refractivity contribution in [2.24, 2.45) is 5.92 Å². The molecule has 2 atom stereocenters. The molecule has 1 heterocycles. The molecule has 1 saturated carbocycles. The number of fused-ring (bicyclic) bond motifs is 1. The van der Waals surface area contributed by atoms with E-state index in [1.807, 2.05) is 18.7 Å². The first-order chi connectivity index (χ1) is 9.26. The molecule has 0 bridgehead atoms. The fraction of sp³-hybridized carbons (Fsp3) is 0.800. The van der Waals surface area contributed by atoms with Crippen LogP contribution in [-0.4, -0.2) is 42.9 Å². The van der Waals surface area contributed by atoms with Crippen molar-refractivity contribution >= 4 is 5.91 Å². The Kier molecular flexibility index (Phi) is 5.40. The van der Waals surface area contributed by atoms with Gasteiger partial charge in [-0.3, -0.25) is 4.79 Å². The number of carbonyl (C=O) groups excluding carboxylic acids is 1. The zero-order valence-corrected chi connectivity index (χ0v) is 12.0. The summed E-state index contributed by atoms with van der Waals surface area (Å²) in [7, 11) is 0. The molecule has 0 radical (unpaired) electrons. The zero-order valence-electron chi connectivity index (χ0n) is 12.0. The number of carbonyl (C=O) groups is 1. The van der Waals surface area contributed by atoms with E-state index in [0.717, 1.165) is 6.42 Å². The van der Waals surface area contributed by atoms with Crippen LogP contribution in [0.5, 0.6) is 0 Å². The van der Waals surface area contributed by atoms with Crippen molar-refractivity contribution in [1.29, 1.82) is 0 Å². The molecular weight excluding hydrogens is 242 g/mol. The van der Waals surface area contributed by atoms with Crippen molar-refractivity contribution in [1.82, 2.24) is 4.90 Å². The van der Waals surface area contributed by atoms with E-state index >= 15 is 0 Å². The molecule has 0 saturated heterocycles. The van der Waals surface area contributed by atoms with Crippen LogP contribution < -0.4 is 0 Å². The minimum atomic E-state index is -0.298. The molecule has 108 valence electrons. The van der Waals surface area contributed by atoms with Gasteiger partial charge in [-0.25, -0.2) is 0 Å². The normalized spacial score (nSPS) is 26.9. The number of nitrogens with zero attached hydrogens (tertiary/aromatic N) is 1. The van der Waals surface area contributed by atoms with Crippen molar-refractivity contribution in [2.75, 3.05) is 19.8 Å². The van der Waals surface area contributed by atoms with Gasteiger partial charge in [0.15, 0.2) is 6.29 Å². The van der Waals surface area contributed by atoms with Gasteiger partial charge in [0.2, 0.25) is 5.91 Å². The summed E-state index contributed by atoms with van der Waals surface area (Å²) in [5, 5.41) is 0. The highest BCUT2D eigenvalue weighted by molar-refractivity contribution is 5.88. The van der Waals surface area contributed by atoms with E-state index in [-0.39, 0.29) is 12.2 Å². The van der Waals surface area contributed by atoms with E-state index in [2.05, 4.69) is 6.08 Å². The van der Waals surface area contributed by atoms with Crippen LogP contribution in [0.2, 0.25) is 0 Å². The summed E-state index contributed by atoms with van der Waals surface area (Å²) in [6, 6.07) is 0.342. The Hall–Kier alpha value is -0.870. The molecule has 2 aliphatic rings. The standard InChI is InChI=1S/C15H25NO3/c1-3-18-15(19-4-2)11-16-13-8-6-5-7-12(13)9-10-14(16)17/h9-10,12-13,15H,3-8,11H2,1-2H3. The van der Waals surface area contributed by atoms with Crippen LogP contribution in [0.4, 0.5) is 0 Å². The van der Waals surface area contributed by atoms with Gasteiger partial charge in [0.05, 0.1) is 6.54 Å². The molecule has 2 unspecified atom stereocenters. The topological polar surface area (TPSA) is 38.8 Å². The number of amides is 1. The predicted molar refractivity (Wildman–Crippen MR) is 73.6 cm³/mol. The van der Waals surface area contributed by atoms with E-state index in [1.54, 1.807) is 6.08 Å². The van der Waals surface area contributed by atoms with E-state index in [4.69, 9.17) is 9.47 Å². The first-order valence-electron chi connectivity index (χ1n) is 7.48. The van der Waals surface area contributed by atoms with Crippen LogP contribution in [0.25, 0.3) is 0 Å². The molecule has 19 heavy (non-hydrogen) atoms. The zero-order chi connectivity index (χ0) is 13.7. The molecule has 4 nitrogen and oxygen atoms in total. The SMILES string of the molecule is CCOC(CN1C(=O)C=CC2CCCCC21)OCC. The minimum Gasteiger partial charge on any atom is -0.351 e. The Labute approximate surface area is 115 Å². The van der Waals surface area contributed by atoms with Gasteiger partial charge in [-0.1, -0.05) is 18.9 Å². The van der Waals surface area contributed by atoms with Crippen LogP contribution in [-0.2, 0) is 14.3 Å². The number of rotatable bonds is 6. The number of hydrogen-bond donors (Lipinski definition) is 0. The quantitative estimate of drug-likeness (QED) is 0.693. The smallest absolute Gasteiger partial charge is 0.246 e. The lowest BCUT2D eigenvalue weighted by Crippen LogP contribution is -2.51. The third kappa shape index (κ3) is 3.57. The molecule has 0 aromatic heterocycles. The summed E-state index contributed by atoms with van der Waals surface area (Å²) < 4.78 is 11.1. The molecule has 0 N–H and O–H groups in total. The maximum atomic E-state index is 12.1. The van der Waals surface area contributed by atoms with Crippen LogP contribution in [0.15, 0.2) is 12.2 Å². The van der Waals surface area contributed by atoms with Gasteiger partial charge in [0, 0.05) is 19.3 Å². The van der Waals surface area contributed by atoms with Gasteiger partial charge in [-0.2, -0.15) is 0 Å². The van der Waals surface area contributed by atoms with Crippen LogP contribution in [0.1, 0.15) is 39.5 Å². The van der Waals surface area contributed by atoms with Crippen LogP contribution >= 0.6 is 0 Å². The molecular formula is C15H25NO3. The van der Waals surface area contributed by atoms with E-state index in [1.165, 1.54) is 19.3 Å². The van der Waals surface area contributed by atoms with Gasteiger partial charge < -0.3 is 14.4 Å². The van der Waals surface area contributed by atoms with Crippen molar-refractivity contribution in [3.05, 3.63) is 12.2 Å². The Morgan fingerprint density at radius 3 is 2.63 bits per heavy atom. The number of hydrogen-bond acceptors (Lipinski definition) is 3. The van der Waals surface area contributed by atoms with Crippen molar-refractivity contribution in [3.63, 3.8) is 0 Å². The molecule has 1 aliphatic carbocycles. The Morgan fingerprint density at radius 1 is 1.26 bits per heavy atom. The van der Waals surface area contributed by atoms with Gasteiger partial charge in [-0.05, 0) is 38.7 Å². The maximum Gasteiger partial charge on any atom is 0.246 e. The Bertz CT molecular complexity index is 323. The third-order valence-corrected chi connectivity index (χ3v) is 4.00. The van der Waals surface area contributed by atoms with E-state index in [9.17, 15) is 4.79 Å². The Balaban J connectivity index is 2.03. The average Bonchev–Trinajstić information content (AvgIpc) is 2.42. The highest BCUT2D eigenvalue weighted by Crippen LogP contribution is 2.32. The molecule has 1 aliphatic heterocycles. The lowest BCUT2D eigenvalue weighted by molar-refractivity contribution is -0.163. The second-order valence-corrected chi connectivity index (χ2v) is 5.21. The van der Waals surface area contributed by atoms with Gasteiger partial charge in [-0.15, -0.1) is 0 Å². The van der Waals surface area contributed by atoms with Crippen LogP contribution in [0.3, 0.4) is 0 Å². The van der Waals surface area contributed by atoms with Gasteiger partial charge in [0.1, 0.15) is 0 Å². The van der Waals surface area contributed by atoms with E-state index in [0.29, 0.717) is 31.7 Å². The highest BCUT2D eigenvalue weighted by atomic mass is 16.7. The first-order valence-corrected chi connectivity index (χ1v) is 7.48. The maximum absolute atomic E-state index is 12.1. The molecule has 1 fully saturated rings. The summed E-state index contributed by atoms with van der Waals surface area (Å²) in [5.74, 6) is 0.628. The highest BCUT2D eigenvalue weighted by Gasteiger charge is 2.35. The van der Waals surface area contributed by atoms with Crippen molar-refractivity contribution in [3.8, 4) is 0 Å². The summed E-state index contributed by atoms with van der Waals surface area (Å²) in [5.41, 5.74) is 0. The van der Waals surface area contributed by atoms with Gasteiger partial charge in [0.25, 0.3) is 0 Å². The summed E-state index contributed by atoms with van der Waals surface area (Å²) in [6.07, 6.45) is 8.30. The lowest BCUT2D eigenvalue weighted by atomic mass is 9.81. The van der Waals surface area contributed by atoms with Crippen molar-refractivity contribution in [2.45, 2.75) is 51.9 Å². The largest absolute Gasteiger partial charge is 0.351 e. The minimum absolute atomic E-state index is 0.104. The van der Waals surface area contributed by atoms with Crippen LogP contribution in [0, 0.1) is 5.92 Å². The molecule has 4 heteroatoms. The summed E-state index contributed by atoms with van der Waals surface area (Å²) >= 11 is 0. The van der Waals surface area contributed by atoms with E-state index < -0.39 is 0 Å². The van der Waals surface area contributed by atoms with Gasteiger partial charge >= 0.3 is 0 Å². The summed E-state index contributed by atoms with van der Waals surface area (Å²) in [4.78, 5) is 14.1. The predicted octanol–water partition coefficient (Wildman–Crippen LogP) is 2.34. The molecule has 0 aromatic rings. The second kappa shape index (κ2) is 7.06. The molecule has 2 rings (SSSR count). The third-order valence-electron chi connectivity index (χ3n) is 4.00. The molecule has 0 aromatic carbocycles. The first kappa shape index (κ1) is 14.5. The average molecular weight is 267 g/mol. The number of ether oxygens (including phenoxy) is 2. The lowest BCUT2D eigenvalue weighted by Gasteiger charge is -2.42. The monoisotopic (exact) mass is 267 g/mol. The molecule has 1 amide bonds. The Morgan fingerprint density at radius 2 is 1.95 bits per heavy atom.